The lowest BCUT2D eigenvalue weighted by Gasteiger charge is -2.22. The highest BCUT2D eigenvalue weighted by atomic mass is 16.5. The lowest BCUT2D eigenvalue weighted by atomic mass is 10.1. The molecule has 1 heterocycles. The Labute approximate surface area is 123 Å². The van der Waals surface area contributed by atoms with Gasteiger partial charge in [-0.1, -0.05) is 31.0 Å². The fourth-order valence-electron chi connectivity index (χ4n) is 2.93. The first-order chi connectivity index (χ1) is 9.81. The molecule has 0 aliphatic carbocycles. The van der Waals surface area contributed by atoms with Crippen molar-refractivity contribution in [3.05, 3.63) is 29.8 Å². The van der Waals surface area contributed by atoms with E-state index in [4.69, 9.17) is 4.74 Å². The zero-order valence-corrected chi connectivity index (χ0v) is 12.9. The molecule has 2 rings (SSSR count). The van der Waals surface area contributed by atoms with E-state index in [9.17, 15) is 0 Å². The number of ether oxygens (including phenoxy) is 1. The van der Waals surface area contributed by atoms with Crippen LogP contribution in [0.5, 0.6) is 5.75 Å². The van der Waals surface area contributed by atoms with Crippen molar-refractivity contribution in [2.75, 3.05) is 33.3 Å². The molecule has 1 fully saturated rings. The molecule has 1 aromatic carbocycles. The highest BCUT2D eigenvalue weighted by Gasteiger charge is 2.12. The molecule has 1 aromatic rings. The second-order valence-electron chi connectivity index (χ2n) is 5.67. The molecule has 0 amide bonds. The Morgan fingerprint density at radius 2 is 1.85 bits per heavy atom. The Balaban J connectivity index is 1.78. The molecular weight excluding hydrogens is 248 g/mol. The van der Waals surface area contributed by atoms with Crippen LogP contribution in [0.2, 0.25) is 0 Å². The molecule has 1 N–H and O–H groups in total. The predicted octanol–water partition coefficient (Wildman–Crippen LogP) is 3.22. The average molecular weight is 276 g/mol. The lowest BCUT2D eigenvalue weighted by Crippen LogP contribution is -2.33. The van der Waals surface area contributed by atoms with E-state index in [-0.39, 0.29) is 0 Å². The Kier molecular flexibility index (Phi) is 6.34. The minimum atomic E-state index is 0.332. The number of hydrogen-bond donors (Lipinski definition) is 1. The number of rotatable bonds is 6. The summed E-state index contributed by atoms with van der Waals surface area (Å²) < 4.78 is 5.43. The van der Waals surface area contributed by atoms with Crippen LogP contribution in [0, 0.1) is 0 Å². The normalized spacial score (nSPS) is 18.5. The average Bonchev–Trinajstić information content (AvgIpc) is 2.76. The second-order valence-corrected chi connectivity index (χ2v) is 5.67. The fourth-order valence-corrected chi connectivity index (χ4v) is 2.93. The van der Waals surface area contributed by atoms with Gasteiger partial charge in [-0.25, -0.2) is 0 Å². The SMILES string of the molecule is COc1ccccc1C(C)NCCN1CCCCCC1. The summed E-state index contributed by atoms with van der Waals surface area (Å²) in [4.78, 5) is 2.59. The van der Waals surface area contributed by atoms with Crippen molar-refractivity contribution in [3.8, 4) is 5.75 Å². The third-order valence-electron chi connectivity index (χ3n) is 4.18. The smallest absolute Gasteiger partial charge is 0.123 e. The van der Waals surface area contributed by atoms with Crippen LogP contribution in [0.3, 0.4) is 0 Å². The quantitative estimate of drug-likeness (QED) is 0.863. The summed E-state index contributed by atoms with van der Waals surface area (Å²) in [6.07, 6.45) is 5.53. The minimum Gasteiger partial charge on any atom is -0.496 e. The third-order valence-corrected chi connectivity index (χ3v) is 4.18. The number of nitrogens with one attached hydrogen (secondary N) is 1. The van der Waals surface area contributed by atoms with Crippen LogP contribution in [-0.4, -0.2) is 38.2 Å². The van der Waals surface area contributed by atoms with Crippen LogP contribution >= 0.6 is 0 Å². The van der Waals surface area contributed by atoms with Gasteiger partial charge in [-0.3, -0.25) is 0 Å². The Morgan fingerprint density at radius 1 is 1.15 bits per heavy atom. The van der Waals surface area contributed by atoms with Gasteiger partial charge in [0.1, 0.15) is 5.75 Å². The van der Waals surface area contributed by atoms with Crippen LogP contribution in [0.4, 0.5) is 0 Å². The number of para-hydroxylation sites is 1. The van der Waals surface area contributed by atoms with Crippen molar-refractivity contribution in [3.63, 3.8) is 0 Å². The van der Waals surface area contributed by atoms with Crippen molar-refractivity contribution in [1.82, 2.24) is 10.2 Å². The number of benzene rings is 1. The van der Waals surface area contributed by atoms with Crippen molar-refractivity contribution in [2.24, 2.45) is 0 Å². The Bertz CT molecular complexity index is 386. The second kappa shape index (κ2) is 8.28. The van der Waals surface area contributed by atoms with Crippen LogP contribution in [-0.2, 0) is 0 Å². The maximum atomic E-state index is 5.43. The highest BCUT2D eigenvalue weighted by Crippen LogP contribution is 2.24. The van der Waals surface area contributed by atoms with Gasteiger partial charge in [0.15, 0.2) is 0 Å². The molecule has 0 radical (unpaired) electrons. The molecule has 20 heavy (non-hydrogen) atoms. The molecule has 3 heteroatoms. The minimum absolute atomic E-state index is 0.332. The lowest BCUT2D eigenvalue weighted by molar-refractivity contribution is 0.280. The summed E-state index contributed by atoms with van der Waals surface area (Å²) >= 11 is 0. The van der Waals surface area contributed by atoms with Gasteiger partial charge in [0.25, 0.3) is 0 Å². The van der Waals surface area contributed by atoms with Crippen LogP contribution in [0.25, 0.3) is 0 Å². The van der Waals surface area contributed by atoms with E-state index in [1.807, 2.05) is 12.1 Å². The molecule has 1 saturated heterocycles. The van der Waals surface area contributed by atoms with Crippen molar-refractivity contribution in [1.29, 1.82) is 0 Å². The number of hydrogen-bond acceptors (Lipinski definition) is 3. The van der Waals surface area contributed by atoms with E-state index in [1.165, 1.54) is 44.3 Å². The van der Waals surface area contributed by atoms with Gasteiger partial charge in [-0.2, -0.15) is 0 Å². The van der Waals surface area contributed by atoms with Crippen LogP contribution in [0.1, 0.15) is 44.2 Å². The van der Waals surface area contributed by atoms with E-state index in [0.29, 0.717) is 6.04 Å². The van der Waals surface area contributed by atoms with E-state index in [2.05, 4.69) is 29.3 Å². The number of likely N-dealkylation sites (tertiary alicyclic amines) is 1. The third kappa shape index (κ3) is 4.50. The fraction of sp³-hybridized carbons (Fsp3) is 0.647. The van der Waals surface area contributed by atoms with Gasteiger partial charge in [0, 0.05) is 24.7 Å². The molecule has 1 atom stereocenters. The molecule has 3 nitrogen and oxygen atoms in total. The Hall–Kier alpha value is -1.06. The number of nitrogens with zero attached hydrogens (tertiary/aromatic N) is 1. The molecule has 0 aromatic heterocycles. The maximum Gasteiger partial charge on any atom is 0.123 e. The van der Waals surface area contributed by atoms with Gasteiger partial charge in [0.2, 0.25) is 0 Å². The first-order valence-electron chi connectivity index (χ1n) is 7.90. The van der Waals surface area contributed by atoms with Gasteiger partial charge in [0.05, 0.1) is 7.11 Å². The first kappa shape index (κ1) is 15.3. The summed E-state index contributed by atoms with van der Waals surface area (Å²) in [5.74, 6) is 0.974. The molecule has 0 bridgehead atoms. The highest BCUT2D eigenvalue weighted by molar-refractivity contribution is 5.35. The molecular formula is C17H28N2O. The molecule has 1 aliphatic rings. The summed E-state index contributed by atoms with van der Waals surface area (Å²) in [5, 5.41) is 3.62. The van der Waals surface area contributed by atoms with Crippen molar-refractivity contribution < 1.29 is 4.74 Å². The van der Waals surface area contributed by atoms with E-state index >= 15 is 0 Å². The largest absolute Gasteiger partial charge is 0.496 e. The molecule has 1 aliphatic heterocycles. The van der Waals surface area contributed by atoms with Gasteiger partial charge < -0.3 is 15.0 Å². The molecule has 1 unspecified atom stereocenters. The summed E-state index contributed by atoms with van der Waals surface area (Å²) in [5.41, 5.74) is 1.24. The monoisotopic (exact) mass is 276 g/mol. The zero-order valence-electron chi connectivity index (χ0n) is 12.9. The molecule has 112 valence electrons. The van der Waals surface area contributed by atoms with Crippen molar-refractivity contribution >= 4 is 0 Å². The van der Waals surface area contributed by atoms with Gasteiger partial charge >= 0.3 is 0 Å². The van der Waals surface area contributed by atoms with Crippen molar-refractivity contribution in [2.45, 2.75) is 38.6 Å². The standard InChI is InChI=1S/C17H28N2O/c1-15(16-9-5-6-10-17(16)20-2)18-11-14-19-12-7-3-4-8-13-19/h5-6,9-10,15,18H,3-4,7-8,11-14H2,1-2H3. The zero-order chi connectivity index (χ0) is 14.2. The van der Waals surface area contributed by atoms with Gasteiger partial charge in [-0.15, -0.1) is 0 Å². The van der Waals surface area contributed by atoms with E-state index in [0.717, 1.165) is 18.8 Å². The Morgan fingerprint density at radius 3 is 2.55 bits per heavy atom. The summed E-state index contributed by atoms with van der Waals surface area (Å²) in [7, 11) is 1.74. The van der Waals surface area contributed by atoms with Crippen LogP contribution < -0.4 is 10.1 Å². The topological polar surface area (TPSA) is 24.5 Å². The number of methoxy groups -OCH3 is 1. The van der Waals surface area contributed by atoms with E-state index < -0.39 is 0 Å². The predicted molar refractivity (Wildman–Crippen MR) is 84.3 cm³/mol. The summed E-state index contributed by atoms with van der Waals surface area (Å²) in [6, 6.07) is 8.60. The van der Waals surface area contributed by atoms with Crippen LogP contribution in [0.15, 0.2) is 24.3 Å². The van der Waals surface area contributed by atoms with E-state index in [1.54, 1.807) is 7.11 Å². The van der Waals surface area contributed by atoms with Gasteiger partial charge in [-0.05, 0) is 38.9 Å². The maximum absolute atomic E-state index is 5.43. The molecule has 0 spiro atoms. The summed E-state index contributed by atoms with van der Waals surface area (Å²) in [6.45, 7) is 6.94. The molecule has 0 saturated carbocycles. The first-order valence-corrected chi connectivity index (χ1v) is 7.90.